The fraction of sp³-hybridized carbons (Fsp3) is 0.571. The lowest BCUT2D eigenvalue weighted by atomic mass is 10.1. The van der Waals surface area contributed by atoms with Crippen LogP contribution in [0.3, 0.4) is 0 Å². The van der Waals surface area contributed by atoms with Crippen LogP contribution in [-0.4, -0.2) is 45.7 Å². The van der Waals surface area contributed by atoms with Crippen LogP contribution in [0.1, 0.15) is 32.0 Å². The largest absolute Gasteiger partial charge is 0.495 e. The number of fused-ring (bicyclic) bond motifs is 1. The smallest absolute Gasteiger partial charge is 0.156 e. The van der Waals surface area contributed by atoms with Crippen LogP contribution in [0.15, 0.2) is 18.3 Å². The maximum absolute atomic E-state index is 5.21. The van der Waals surface area contributed by atoms with Crippen molar-refractivity contribution in [2.24, 2.45) is 0 Å². The van der Waals surface area contributed by atoms with E-state index in [2.05, 4.69) is 28.8 Å². The van der Waals surface area contributed by atoms with Crippen LogP contribution in [0.5, 0.6) is 5.75 Å². The van der Waals surface area contributed by atoms with Crippen molar-refractivity contribution in [3.63, 3.8) is 0 Å². The van der Waals surface area contributed by atoms with E-state index in [9.17, 15) is 0 Å². The zero-order valence-corrected chi connectivity index (χ0v) is 11.7. The molecule has 0 aliphatic carbocycles. The Morgan fingerprint density at radius 2 is 2.21 bits per heavy atom. The Balaban J connectivity index is 1.86. The molecular weight excluding hydrogens is 240 g/mol. The maximum Gasteiger partial charge on any atom is 0.156 e. The molecular formula is C14H20N4O. The van der Waals surface area contributed by atoms with E-state index in [1.807, 2.05) is 22.8 Å². The highest BCUT2D eigenvalue weighted by atomic mass is 16.5. The van der Waals surface area contributed by atoms with Gasteiger partial charge in [0.25, 0.3) is 0 Å². The zero-order valence-electron chi connectivity index (χ0n) is 11.7. The Morgan fingerprint density at radius 3 is 2.89 bits per heavy atom. The summed E-state index contributed by atoms with van der Waals surface area (Å²) in [5, 5.41) is 4.60. The fourth-order valence-corrected chi connectivity index (χ4v) is 2.64. The Hall–Kier alpha value is -1.62. The Bertz CT molecular complexity index is 578. The number of likely N-dealkylation sites (tertiary alicyclic amines) is 1. The molecule has 1 atom stereocenters. The molecule has 2 aromatic heterocycles. The Morgan fingerprint density at radius 1 is 1.37 bits per heavy atom. The van der Waals surface area contributed by atoms with Crippen molar-refractivity contribution < 1.29 is 4.74 Å². The lowest BCUT2D eigenvalue weighted by Crippen LogP contribution is -2.28. The number of rotatable bonds is 3. The molecule has 1 saturated heterocycles. The summed E-state index contributed by atoms with van der Waals surface area (Å²) in [6, 6.07) is 4.47. The third kappa shape index (κ3) is 2.30. The van der Waals surface area contributed by atoms with E-state index in [-0.39, 0.29) is 0 Å². The van der Waals surface area contributed by atoms with E-state index in [0.29, 0.717) is 12.0 Å². The molecule has 0 spiro atoms. The first kappa shape index (κ1) is 12.4. The first-order chi connectivity index (χ1) is 9.17. The average molecular weight is 260 g/mol. The van der Waals surface area contributed by atoms with Crippen molar-refractivity contribution in [3.8, 4) is 5.75 Å². The molecule has 1 fully saturated rings. The summed E-state index contributed by atoms with van der Waals surface area (Å²) in [5.74, 6) is 2.21. The molecule has 0 radical (unpaired) electrons. The minimum atomic E-state index is 0.452. The number of methoxy groups -OCH3 is 1. The van der Waals surface area contributed by atoms with Gasteiger partial charge in [-0.1, -0.05) is 0 Å². The highest BCUT2D eigenvalue weighted by Gasteiger charge is 2.28. The molecule has 1 unspecified atom stereocenters. The topological polar surface area (TPSA) is 42.7 Å². The maximum atomic E-state index is 5.21. The number of aromatic nitrogens is 3. The van der Waals surface area contributed by atoms with Gasteiger partial charge in [-0.2, -0.15) is 5.10 Å². The van der Waals surface area contributed by atoms with Gasteiger partial charge < -0.3 is 9.64 Å². The Kier molecular flexibility index (Phi) is 3.14. The number of pyridine rings is 1. The molecule has 102 valence electrons. The minimum absolute atomic E-state index is 0.452. The Labute approximate surface area is 113 Å². The molecule has 1 aliphatic rings. The quantitative estimate of drug-likeness (QED) is 0.846. The summed E-state index contributed by atoms with van der Waals surface area (Å²) in [6.07, 6.45) is 3.02. The second-order valence-electron chi connectivity index (χ2n) is 5.42. The molecule has 0 saturated carbocycles. The summed E-state index contributed by atoms with van der Waals surface area (Å²) in [5.41, 5.74) is 0.888. The molecule has 19 heavy (non-hydrogen) atoms. The molecule has 0 N–H and O–H groups in total. The van der Waals surface area contributed by atoms with Gasteiger partial charge in [-0.25, -0.2) is 9.50 Å². The van der Waals surface area contributed by atoms with Gasteiger partial charge in [-0.05, 0) is 38.9 Å². The van der Waals surface area contributed by atoms with E-state index < -0.39 is 0 Å². The fourth-order valence-electron chi connectivity index (χ4n) is 2.64. The van der Waals surface area contributed by atoms with Crippen molar-refractivity contribution >= 4 is 5.65 Å². The van der Waals surface area contributed by atoms with Gasteiger partial charge in [0.2, 0.25) is 0 Å². The third-order valence-electron chi connectivity index (χ3n) is 3.87. The van der Waals surface area contributed by atoms with E-state index in [4.69, 9.17) is 4.74 Å². The summed E-state index contributed by atoms with van der Waals surface area (Å²) >= 11 is 0. The summed E-state index contributed by atoms with van der Waals surface area (Å²) in [6.45, 7) is 6.68. The highest BCUT2D eigenvalue weighted by Crippen LogP contribution is 2.26. The normalized spacial score (nSPS) is 20.5. The summed E-state index contributed by atoms with van der Waals surface area (Å²) in [4.78, 5) is 7.12. The number of ether oxygens (including phenoxy) is 1. The van der Waals surface area contributed by atoms with E-state index in [0.717, 1.165) is 36.7 Å². The predicted octanol–water partition coefficient (Wildman–Crippen LogP) is 1.94. The first-order valence-corrected chi connectivity index (χ1v) is 6.81. The van der Waals surface area contributed by atoms with Crippen LogP contribution >= 0.6 is 0 Å². The predicted molar refractivity (Wildman–Crippen MR) is 73.6 cm³/mol. The van der Waals surface area contributed by atoms with E-state index in [1.165, 1.54) is 0 Å². The van der Waals surface area contributed by atoms with Crippen molar-refractivity contribution in [2.45, 2.75) is 32.2 Å². The van der Waals surface area contributed by atoms with Gasteiger partial charge in [0, 0.05) is 18.5 Å². The summed E-state index contributed by atoms with van der Waals surface area (Å²) < 4.78 is 7.02. The molecule has 3 heterocycles. The van der Waals surface area contributed by atoms with Crippen LogP contribution in [-0.2, 0) is 0 Å². The number of hydrogen-bond donors (Lipinski definition) is 0. The molecule has 0 bridgehead atoms. The van der Waals surface area contributed by atoms with Crippen LogP contribution in [0.25, 0.3) is 5.65 Å². The highest BCUT2D eigenvalue weighted by molar-refractivity contribution is 5.41. The van der Waals surface area contributed by atoms with Crippen molar-refractivity contribution in [1.29, 1.82) is 0 Å². The lowest BCUT2D eigenvalue weighted by molar-refractivity contribution is 0.272. The lowest BCUT2D eigenvalue weighted by Gasteiger charge is -2.19. The molecule has 5 heteroatoms. The van der Waals surface area contributed by atoms with E-state index >= 15 is 0 Å². The van der Waals surface area contributed by atoms with Crippen LogP contribution in [0.2, 0.25) is 0 Å². The molecule has 3 rings (SSSR count). The second-order valence-corrected chi connectivity index (χ2v) is 5.42. The van der Waals surface area contributed by atoms with E-state index in [1.54, 1.807) is 7.11 Å². The monoisotopic (exact) mass is 260 g/mol. The molecule has 1 aliphatic heterocycles. The van der Waals surface area contributed by atoms with Gasteiger partial charge in [0.1, 0.15) is 5.75 Å². The summed E-state index contributed by atoms with van der Waals surface area (Å²) in [7, 11) is 1.66. The molecule has 5 nitrogen and oxygen atoms in total. The number of nitrogens with zero attached hydrogens (tertiary/aromatic N) is 4. The molecule has 2 aromatic rings. The van der Waals surface area contributed by atoms with Gasteiger partial charge in [-0.15, -0.1) is 0 Å². The van der Waals surface area contributed by atoms with Crippen LogP contribution in [0.4, 0.5) is 0 Å². The second kappa shape index (κ2) is 4.81. The average Bonchev–Trinajstić information content (AvgIpc) is 3.04. The third-order valence-corrected chi connectivity index (χ3v) is 3.87. The van der Waals surface area contributed by atoms with Crippen molar-refractivity contribution in [2.75, 3.05) is 20.2 Å². The minimum Gasteiger partial charge on any atom is -0.495 e. The van der Waals surface area contributed by atoms with Crippen molar-refractivity contribution in [3.05, 3.63) is 24.2 Å². The van der Waals surface area contributed by atoms with Crippen LogP contribution in [0, 0.1) is 0 Å². The van der Waals surface area contributed by atoms with Crippen LogP contribution < -0.4 is 4.74 Å². The van der Waals surface area contributed by atoms with Gasteiger partial charge in [0.15, 0.2) is 11.5 Å². The van der Waals surface area contributed by atoms with Crippen molar-refractivity contribution in [1.82, 2.24) is 19.5 Å². The van der Waals surface area contributed by atoms with Gasteiger partial charge in [0.05, 0.1) is 13.3 Å². The standard InChI is InChI=1S/C14H20N4O/c1-10(2)17-7-6-11(8-17)14-15-13-5-4-12(19-3)9-18(13)16-14/h4-5,9-11H,6-8H2,1-3H3. The zero-order chi connectivity index (χ0) is 13.4. The van der Waals surface area contributed by atoms with Gasteiger partial charge in [-0.3, -0.25) is 0 Å². The molecule has 0 amide bonds. The SMILES string of the molecule is COc1ccc2nc(C3CCN(C(C)C)C3)nn2c1. The number of hydrogen-bond acceptors (Lipinski definition) is 4. The molecule has 0 aromatic carbocycles. The first-order valence-electron chi connectivity index (χ1n) is 6.81. The van der Waals surface area contributed by atoms with Gasteiger partial charge >= 0.3 is 0 Å².